The maximum Gasteiger partial charge on any atom is 0.271 e. The summed E-state index contributed by atoms with van der Waals surface area (Å²) in [6.07, 6.45) is 0. The van der Waals surface area contributed by atoms with Gasteiger partial charge in [-0.25, -0.2) is 0 Å². The van der Waals surface area contributed by atoms with Crippen LogP contribution in [0.4, 0.5) is 11.4 Å². The molecule has 0 atom stereocenters. The van der Waals surface area contributed by atoms with Crippen molar-refractivity contribution in [3.05, 3.63) is 61.1 Å². The van der Waals surface area contributed by atoms with Crippen molar-refractivity contribution in [2.45, 2.75) is 6.92 Å². The molecule has 1 N–H and O–H groups in total. The van der Waals surface area contributed by atoms with Gasteiger partial charge in [-0.2, -0.15) is 0 Å². The van der Waals surface area contributed by atoms with Crippen LogP contribution >= 0.6 is 34.8 Å². The van der Waals surface area contributed by atoms with E-state index >= 15 is 0 Å². The molecular weight excluding hydrogens is 379 g/mol. The van der Waals surface area contributed by atoms with Gasteiger partial charge in [-0.1, -0.05) is 34.8 Å². The first kappa shape index (κ1) is 18.3. The first-order valence-corrected chi connectivity index (χ1v) is 7.73. The average Bonchev–Trinajstić information content (AvgIpc) is 2.48. The number of ether oxygens (including phenoxy) is 1. The summed E-state index contributed by atoms with van der Waals surface area (Å²) < 4.78 is 5.39. The highest BCUT2D eigenvalue weighted by Crippen LogP contribution is 2.32. The highest BCUT2D eigenvalue weighted by Gasteiger charge is 2.14. The minimum absolute atomic E-state index is 0.124. The molecule has 1 amide bonds. The fourth-order valence-corrected chi connectivity index (χ4v) is 2.73. The number of non-ortho nitro benzene ring substituents is 1. The average molecular weight is 390 g/mol. The van der Waals surface area contributed by atoms with Crippen molar-refractivity contribution in [2.75, 3.05) is 11.9 Å². The molecule has 2 aromatic rings. The molecule has 2 aromatic carbocycles. The lowest BCUT2D eigenvalue weighted by atomic mass is 10.2. The van der Waals surface area contributed by atoms with Gasteiger partial charge in [-0.05, 0) is 30.7 Å². The quantitative estimate of drug-likeness (QED) is 0.583. The molecule has 0 bridgehead atoms. The predicted molar refractivity (Wildman–Crippen MR) is 93.4 cm³/mol. The van der Waals surface area contributed by atoms with Gasteiger partial charge in [0.15, 0.2) is 6.61 Å². The third kappa shape index (κ3) is 4.50. The number of aryl methyl sites for hydroxylation is 1. The molecular formula is C15H11Cl3N2O4. The Morgan fingerprint density at radius 1 is 1.21 bits per heavy atom. The van der Waals surface area contributed by atoms with Gasteiger partial charge in [0.25, 0.3) is 11.6 Å². The Kier molecular flexibility index (Phi) is 5.88. The summed E-state index contributed by atoms with van der Waals surface area (Å²) >= 11 is 17.8. The molecule has 0 aliphatic carbocycles. The Morgan fingerprint density at radius 2 is 1.92 bits per heavy atom. The van der Waals surface area contributed by atoms with Crippen LogP contribution in [0.3, 0.4) is 0 Å². The second-order valence-electron chi connectivity index (χ2n) is 4.79. The zero-order chi connectivity index (χ0) is 17.9. The number of nitro groups is 1. The van der Waals surface area contributed by atoms with Gasteiger partial charge in [-0.15, -0.1) is 0 Å². The number of nitrogens with one attached hydrogen (secondary N) is 1. The van der Waals surface area contributed by atoms with Crippen LogP contribution in [0, 0.1) is 17.0 Å². The van der Waals surface area contributed by atoms with Crippen molar-refractivity contribution >= 4 is 52.1 Å². The van der Waals surface area contributed by atoms with E-state index < -0.39 is 10.8 Å². The first-order chi connectivity index (χ1) is 11.3. The number of carbonyl (C=O) groups is 1. The molecule has 126 valence electrons. The monoisotopic (exact) mass is 388 g/mol. The van der Waals surface area contributed by atoms with Gasteiger partial charge in [-0.3, -0.25) is 14.9 Å². The molecule has 2 rings (SSSR count). The summed E-state index contributed by atoms with van der Waals surface area (Å²) in [7, 11) is 0. The van der Waals surface area contributed by atoms with Crippen LogP contribution in [0.15, 0.2) is 30.3 Å². The number of hydrogen-bond acceptors (Lipinski definition) is 4. The molecule has 24 heavy (non-hydrogen) atoms. The van der Waals surface area contributed by atoms with E-state index in [9.17, 15) is 14.9 Å². The number of amides is 1. The van der Waals surface area contributed by atoms with E-state index in [2.05, 4.69) is 5.32 Å². The van der Waals surface area contributed by atoms with Crippen LogP contribution in [0.25, 0.3) is 0 Å². The molecule has 6 nitrogen and oxygen atoms in total. The molecule has 0 saturated heterocycles. The first-order valence-electron chi connectivity index (χ1n) is 6.60. The van der Waals surface area contributed by atoms with Crippen LogP contribution in [0.5, 0.6) is 5.75 Å². The molecule has 0 aromatic heterocycles. The number of anilines is 1. The summed E-state index contributed by atoms with van der Waals surface area (Å²) in [6, 6.07) is 6.89. The summed E-state index contributed by atoms with van der Waals surface area (Å²) in [5.74, 6) is -0.204. The minimum Gasteiger partial charge on any atom is -0.482 e. The maximum absolute atomic E-state index is 12.0. The van der Waals surface area contributed by atoms with Crippen LogP contribution < -0.4 is 10.1 Å². The predicted octanol–water partition coefficient (Wildman–Crippen LogP) is 4.88. The van der Waals surface area contributed by atoms with E-state index in [1.807, 2.05) is 0 Å². The SMILES string of the molecule is Cc1cc(Cl)cc(Cl)c1OCC(=O)Nc1cc([N+](=O)[O-])ccc1Cl. The Bertz CT molecular complexity index is 788. The minimum atomic E-state index is -0.584. The highest BCUT2D eigenvalue weighted by molar-refractivity contribution is 6.35. The fraction of sp³-hybridized carbons (Fsp3) is 0.133. The molecule has 0 aliphatic heterocycles. The molecule has 0 fully saturated rings. The summed E-state index contributed by atoms with van der Waals surface area (Å²) in [6.45, 7) is 1.39. The summed E-state index contributed by atoms with van der Waals surface area (Å²) in [4.78, 5) is 22.2. The van der Waals surface area contributed by atoms with E-state index in [-0.39, 0.29) is 28.0 Å². The smallest absolute Gasteiger partial charge is 0.271 e. The Hall–Kier alpha value is -2.02. The Balaban J connectivity index is 2.07. The number of halogens is 3. The van der Waals surface area contributed by atoms with Crippen molar-refractivity contribution in [3.63, 3.8) is 0 Å². The van der Waals surface area contributed by atoms with E-state index in [0.29, 0.717) is 16.3 Å². The lowest BCUT2D eigenvalue weighted by Crippen LogP contribution is -2.20. The second-order valence-corrected chi connectivity index (χ2v) is 6.04. The summed E-state index contributed by atoms with van der Waals surface area (Å²) in [5.41, 5.74) is 0.610. The third-order valence-electron chi connectivity index (χ3n) is 2.98. The zero-order valence-electron chi connectivity index (χ0n) is 12.3. The van der Waals surface area contributed by atoms with E-state index in [1.54, 1.807) is 13.0 Å². The van der Waals surface area contributed by atoms with Crippen molar-refractivity contribution in [1.82, 2.24) is 0 Å². The molecule has 0 heterocycles. The lowest BCUT2D eigenvalue weighted by molar-refractivity contribution is -0.384. The number of rotatable bonds is 5. The van der Waals surface area contributed by atoms with E-state index in [4.69, 9.17) is 39.5 Å². The largest absolute Gasteiger partial charge is 0.482 e. The Morgan fingerprint density at radius 3 is 2.54 bits per heavy atom. The lowest BCUT2D eigenvalue weighted by Gasteiger charge is -2.12. The number of hydrogen-bond donors (Lipinski definition) is 1. The van der Waals surface area contributed by atoms with Gasteiger partial charge in [0.2, 0.25) is 0 Å². The number of benzene rings is 2. The third-order valence-corrected chi connectivity index (χ3v) is 3.81. The number of nitro benzene ring substituents is 1. The van der Waals surface area contributed by atoms with Crippen LogP contribution in [-0.2, 0) is 4.79 Å². The molecule has 9 heteroatoms. The fourth-order valence-electron chi connectivity index (χ4n) is 1.92. The van der Waals surface area contributed by atoms with Gasteiger partial charge in [0, 0.05) is 17.2 Å². The van der Waals surface area contributed by atoms with Gasteiger partial charge >= 0.3 is 0 Å². The van der Waals surface area contributed by atoms with Gasteiger partial charge < -0.3 is 10.1 Å². The van der Waals surface area contributed by atoms with Gasteiger partial charge in [0.1, 0.15) is 5.75 Å². The van der Waals surface area contributed by atoms with Crippen LogP contribution in [-0.4, -0.2) is 17.4 Å². The normalized spacial score (nSPS) is 10.3. The standard InChI is InChI=1S/C15H11Cl3N2O4/c1-8-4-9(16)5-12(18)15(8)24-7-14(21)19-13-6-10(20(22)23)2-3-11(13)17/h2-6H,7H2,1H3,(H,19,21). The number of carbonyl (C=O) groups excluding carboxylic acids is 1. The summed E-state index contributed by atoms with van der Waals surface area (Å²) in [5, 5.41) is 14.1. The van der Waals surface area contributed by atoms with E-state index in [1.165, 1.54) is 24.3 Å². The van der Waals surface area contributed by atoms with Crippen LogP contribution in [0.2, 0.25) is 15.1 Å². The van der Waals surface area contributed by atoms with Crippen molar-refractivity contribution < 1.29 is 14.5 Å². The topological polar surface area (TPSA) is 81.5 Å². The molecule has 0 aliphatic rings. The zero-order valence-corrected chi connectivity index (χ0v) is 14.6. The highest BCUT2D eigenvalue weighted by atomic mass is 35.5. The van der Waals surface area contributed by atoms with Crippen molar-refractivity contribution in [2.24, 2.45) is 0 Å². The van der Waals surface area contributed by atoms with Crippen LogP contribution in [0.1, 0.15) is 5.56 Å². The molecule has 0 unspecified atom stereocenters. The van der Waals surface area contributed by atoms with E-state index in [0.717, 1.165) is 0 Å². The maximum atomic E-state index is 12.0. The number of nitrogens with zero attached hydrogens (tertiary/aromatic N) is 1. The molecule has 0 spiro atoms. The molecule has 0 radical (unpaired) electrons. The molecule has 0 saturated carbocycles. The van der Waals surface area contributed by atoms with Crippen molar-refractivity contribution in [1.29, 1.82) is 0 Å². The Labute approximate surface area is 152 Å². The second kappa shape index (κ2) is 7.70. The van der Waals surface area contributed by atoms with Crippen molar-refractivity contribution in [3.8, 4) is 5.75 Å². The van der Waals surface area contributed by atoms with Gasteiger partial charge in [0.05, 0.1) is 20.7 Å².